The molecule has 0 spiro atoms. The van der Waals surface area contributed by atoms with Gasteiger partial charge in [-0.25, -0.2) is 4.79 Å². The van der Waals surface area contributed by atoms with E-state index in [4.69, 9.17) is 0 Å². The predicted octanol–water partition coefficient (Wildman–Crippen LogP) is 0.507. The van der Waals surface area contributed by atoms with E-state index in [1.165, 1.54) is 17.9 Å². The summed E-state index contributed by atoms with van der Waals surface area (Å²) in [7, 11) is 0. The van der Waals surface area contributed by atoms with Crippen LogP contribution in [-0.2, 0) is 19.2 Å². The molecule has 3 saturated heterocycles. The zero-order valence-corrected chi connectivity index (χ0v) is 15.4. The third-order valence-electron chi connectivity index (χ3n) is 5.97. The Morgan fingerprint density at radius 1 is 1.24 bits per heavy atom. The first kappa shape index (κ1) is 19.5. The molecule has 0 aromatic heterocycles. The van der Waals surface area contributed by atoms with Gasteiger partial charge in [0.1, 0.15) is 18.3 Å². The van der Waals surface area contributed by atoms with Crippen molar-refractivity contribution in [3.63, 3.8) is 0 Å². The Hall–Kier alpha value is -2.85. The Kier molecular flexibility index (Phi) is 4.25. The van der Waals surface area contributed by atoms with Gasteiger partial charge in [-0.15, -0.1) is 0 Å². The summed E-state index contributed by atoms with van der Waals surface area (Å²) in [5.74, 6) is -3.27. The van der Waals surface area contributed by atoms with Crippen LogP contribution in [-0.4, -0.2) is 81.4 Å². The number of amides is 3. The van der Waals surface area contributed by atoms with Crippen molar-refractivity contribution in [2.45, 2.75) is 38.0 Å². The molecule has 156 valence electrons. The van der Waals surface area contributed by atoms with E-state index in [0.717, 1.165) is 4.90 Å². The fraction of sp³-hybridized carbons (Fsp3) is 0.556. The molecular formula is C18H18F3N3O5. The van der Waals surface area contributed by atoms with Crippen LogP contribution in [0.25, 0.3) is 0 Å². The molecule has 3 atom stereocenters. The summed E-state index contributed by atoms with van der Waals surface area (Å²) in [5.41, 5.74) is 0.128. The second-order valence-electron chi connectivity index (χ2n) is 7.62. The lowest BCUT2D eigenvalue weighted by atomic mass is 9.77. The molecule has 4 heterocycles. The number of allylic oxidation sites excluding steroid dienone is 1. The van der Waals surface area contributed by atoms with Gasteiger partial charge in [-0.2, -0.15) is 13.2 Å². The number of β-lactam (4-membered cyclic amide) rings is 1. The summed E-state index contributed by atoms with van der Waals surface area (Å²) < 4.78 is 37.9. The molecule has 1 N–H and O–H groups in total. The van der Waals surface area contributed by atoms with Gasteiger partial charge in [-0.3, -0.25) is 19.3 Å². The van der Waals surface area contributed by atoms with E-state index in [1.807, 2.05) is 0 Å². The molecule has 0 bridgehead atoms. The second-order valence-corrected chi connectivity index (χ2v) is 7.62. The van der Waals surface area contributed by atoms with Crippen LogP contribution in [0.3, 0.4) is 0 Å². The van der Waals surface area contributed by atoms with Crippen molar-refractivity contribution < 1.29 is 37.5 Å². The molecule has 0 saturated carbocycles. The Balaban J connectivity index is 1.67. The Morgan fingerprint density at radius 3 is 2.52 bits per heavy atom. The zero-order valence-electron chi connectivity index (χ0n) is 15.4. The number of hydrogen-bond acceptors (Lipinski definition) is 4. The third-order valence-corrected chi connectivity index (χ3v) is 5.97. The van der Waals surface area contributed by atoms with E-state index in [9.17, 15) is 37.5 Å². The van der Waals surface area contributed by atoms with Gasteiger partial charge in [0.2, 0.25) is 11.8 Å². The molecular weight excluding hydrogens is 395 g/mol. The number of hydrogen-bond donors (Lipinski definition) is 1. The SMILES string of the molecule is CC(=O)N1CCC2C(/C=C3\CCN(CC(F)(F)F)C3=O)=C(C(=O)O)N3C(=O)[C@@H]1[C@@H]23. The maximum atomic E-state index is 12.6. The van der Waals surface area contributed by atoms with Crippen molar-refractivity contribution in [2.75, 3.05) is 19.6 Å². The van der Waals surface area contributed by atoms with Crippen molar-refractivity contribution in [1.29, 1.82) is 0 Å². The Bertz CT molecular complexity index is 894. The van der Waals surface area contributed by atoms with Gasteiger partial charge in [0.15, 0.2) is 0 Å². The number of aliphatic carboxylic acids is 1. The van der Waals surface area contributed by atoms with Crippen molar-refractivity contribution in [1.82, 2.24) is 14.7 Å². The van der Waals surface area contributed by atoms with Gasteiger partial charge in [-0.1, -0.05) is 0 Å². The Labute approximate surface area is 163 Å². The lowest BCUT2D eigenvalue weighted by Gasteiger charge is -2.53. The average Bonchev–Trinajstić information content (AvgIpc) is 3.11. The summed E-state index contributed by atoms with van der Waals surface area (Å²) >= 11 is 0. The molecule has 0 radical (unpaired) electrons. The fourth-order valence-corrected chi connectivity index (χ4v) is 4.82. The van der Waals surface area contributed by atoms with E-state index < -0.39 is 42.6 Å². The summed E-state index contributed by atoms with van der Waals surface area (Å²) in [5, 5.41) is 9.66. The monoisotopic (exact) mass is 413 g/mol. The maximum Gasteiger partial charge on any atom is 0.406 e. The highest BCUT2D eigenvalue weighted by molar-refractivity contribution is 6.04. The van der Waals surface area contributed by atoms with Crippen molar-refractivity contribution in [2.24, 2.45) is 5.92 Å². The van der Waals surface area contributed by atoms with Gasteiger partial charge in [0.25, 0.3) is 5.91 Å². The number of carbonyl (C=O) groups excluding carboxylic acids is 3. The van der Waals surface area contributed by atoms with Crippen LogP contribution < -0.4 is 0 Å². The lowest BCUT2D eigenvalue weighted by Crippen LogP contribution is -2.73. The van der Waals surface area contributed by atoms with Gasteiger partial charge < -0.3 is 14.9 Å². The quantitative estimate of drug-likeness (QED) is 0.537. The van der Waals surface area contributed by atoms with Crippen LogP contribution >= 0.6 is 0 Å². The maximum absolute atomic E-state index is 12.6. The van der Waals surface area contributed by atoms with Crippen LogP contribution in [0, 0.1) is 5.92 Å². The van der Waals surface area contributed by atoms with Gasteiger partial charge in [0, 0.05) is 31.5 Å². The van der Waals surface area contributed by atoms with Crippen molar-refractivity contribution in [3.05, 3.63) is 22.9 Å². The first-order valence-corrected chi connectivity index (χ1v) is 9.15. The van der Waals surface area contributed by atoms with E-state index in [2.05, 4.69) is 0 Å². The van der Waals surface area contributed by atoms with E-state index in [0.29, 0.717) is 11.3 Å². The number of likely N-dealkylation sites (tertiary alicyclic amines) is 2. The van der Waals surface area contributed by atoms with Gasteiger partial charge >= 0.3 is 12.1 Å². The van der Waals surface area contributed by atoms with Crippen molar-refractivity contribution in [3.8, 4) is 0 Å². The molecule has 0 aromatic carbocycles. The molecule has 0 aromatic rings. The van der Waals surface area contributed by atoms with E-state index in [-0.39, 0.29) is 48.2 Å². The van der Waals surface area contributed by atoms with Crippen molar-refractivity contribution >= 4 is 23.7 Å². The molecule has 0 aliphatic carbocycles. The molecule has 8 nitrogen and oxygen atoms in total. The van der Waals surface area contributed by atoms with E-state index >= 15 is 0 Å². The minimum Gasteiger partial charge on any atom is -0.477 e. The largest absolute Gasteiger partial charge is 0.477 e. The fourth-order valence-electron chi connectivity index (χ4n) is 4.82. The molecule has 1 unspecified atom stereocenters. The minimum absolute atomic E-state index is 0.0691. The number of carboxylic acids is 1. The second kappa shape index (κ2) is 6.33. The molecule has 11 heteroatoms. The highest BCUT2D eigenvalue weighted by atomic mass is 19.4. The summed E-state index contributed by atoms with van der Waals surface area (Å²) in [6, 6.07) is -1.25. The number of carbonyl (C=O) groups is 4. The lowest BCUT2D eigenvalue weighted by molar-refractivity contribution is -0.168. The molecule has 4 aliphatic heterocycles. The molecule has 3 amide bonds. The number of nitrogens with zero attached hydrogens (tertiary/aromatic N) is 3. The number of rotatable bonds is 3. The molecule has 3 fully saturated rings. The number of carboxylic acid groups (broad SMARTS) is 1. The van der Waals surface area contributed by atoms with Crippen LogP contribution in [0.1, 0.15) is 19.8 Å². The standard InChI is InChI=1S/C18H18F3N3O5/c1-8(25)23-5-3-10-11(13(17(28)29)24-12(10)14(23)16(24)27)6-9-2-4-22(15(9)26)7-18(19,20)21/h6,10,12,14H,2-5,7H2,1H3,(H,28,29)/b9-6+/t10?,12-,14+/m1/s1. The Morgan fingerprint density at radius 2 is 1.93 bits per heavy atom. The first-order valence-electron chi connectivity index (χ1n) is 9.15. The summed E-state index contributed by atoms with van der Waals surface area (Å²) in [6.07, 6.45) is -2.70. The van der Waals surface area contributed by atoms with Gasteiger partial charge in [-0.05, 0) is 24.5 Å². The molecule has 29 heavy (non-hydrogen) atoms. The predicted molar refractivity (Wildman–Crippen MR) is 89.9 cm³/mol. The number of halogens is 3. The average molecular weight is 413 g/mol. The smallest absolute Gasteiger partial charge is 0.406 e. The molecule has 4 rings (SSSR count). The number of alkyl halides is 3. The van der Waals surface area contributed by atoms with Crippen LogP contribution in [0.15, 0.2) is 22.9 Å². The van der Waals surface area contributed by atoms with Crippen LogP contribution in [0.2, 0.25) is 0 Å². The topological polar surface area (TPSA) is 98.2 Å². The summed E-state index contributed by atoms with van der Waals surface area (Å²) in [6.45, 7) is 0.151. The van der Waals surface area contributed by atoms with Crippen LogP contribution in [0.4, 0.5) is 13.2 Å². The van der Waals surface area contributed by atoms with E-state index in [1.54, 1.807) is 0 Å². The highest BCUT2D eigenvalue weighted by Gasteiger charge is 2.63. The minimum atomic E-state index is -4.52. The molecule has 4 aliphatic rings. The van der Waals surface area contributed by atoms with Crippen LogP contribution in [0.5, 0.6) is 0 Å². The highest BCUT2D eigenvalue weighted by Crippen LogP contribution is 2.49. The third kappa shape index (κ3) is 2.90. The summed E-state index contributed by atoms with van der Waals surface area (Å²) in [4.78, 5) is 51.8. The normalized spacial score (nSPS) is 30.3. The number of piperidine rings is 1. The zero-order chi connectivity index (χ0) is 21.2. The first-order chi connectivity index (χ1) is 13.5. The van der Waals surface area contributed by atoms with Gasteiger partial charge in [0.05, 0.1) is 6.04 Å².